The number of furan rings is 1. The molecule has 0 radical (unpaired) electrons. The first kappa shape index (κ1) is 16.0. The van der Waals surface area contributed by atoms with Gasteiger partial charge in [-0.15, -0.1) is 0 Å². The number of aryl methyl sites for hydroxylation is 1. The standard InChI is InChI=1S/C21H17N3O2/c1-14-7-8-18-16(13-26-19(18)9-14)10-20(25)24-17-11-22-21(23-12-17)15-5-3-2-4-6-15/h2-9,11-13H,10H2,1H3,(H,24,25). The number of anilines is 1. The van der Waals surface area contributed by atoms with Crippen LogP contribution in [-0.4, -0.2) is 15.9 Å². The highest BCUT2D eigenvalue weighted by atomic mass is 16.3. The van der Waals surface area contributed by atoms with Gasteiger partial charge in [-0.25, -0.2) is 9.97 Å². The number of fused-ring (bicyclic) bond motifs is 1. The van der Waals surface area contributed by atoms with E-state index in [0.717, 1.165) is 27.7 Å². The van der Waals surface area contributed by atoms with E-state index in [-0.39, 0.29) is 12.3 Å². The fraction of sp³-hybridized carbons (Fsp3) is 0.0952. The number of benzene rings is 2. The van der Waals surface area contributed by atoms with E-state index in [1.165, 1.54) is 0 Å². The highest BCUT2D eigenvalue weighted by molar-refractivity contribution is 5.95. The van der Waals surface area contributed by atoms with Crippen molar-refractivity contribution in [1.29, 1.82) is 0 Å². The Morgan fingerprint density at radius 1 is 1.08 bits per heavy atom. The number of hydrogen-bond acceptors (Lipinski definition) is 4. The molecular formula is C21H17N3O2. The number of nitrogens with zero attached hydrogens (tertiary/aromatic N) is 2. The minimum absolute atomic E-state index is 0.135. The minimum Gasteiger partial charge on any atom is -0.464 e. The summed E-state index contributed by atoms with van der Waals surface area (Å²) >= 11 is 0. The highest BCUT2D eigenvalue weighted by Gasteiger charge is 2.11. The van der Waals surface area contributed by atoms with E-state index in [1.807, 2.05) is 55.5 Å². The van der Waals surface area contributed by atoms with Crippen molar-refractivity contribution in [3.63, 3.8) is 0 Å². The number of aromatic nitrogens is 2. The summed E-state index contributed by atoms with van der Waals surface area (Å²) in [5, 5.41) is 3.79. The molecule has 1 amide bonds. The SMILES string of the molecule is Cc1ccc2c(CC(=O)Nc3cnc(-c4ccccc4)nc3)coc2c1. The molecule has 0 saturated heterocycles. The zero-order valence-corrected chi connectivity index (χ0v) is 14.3. The van der Waals surface area contributed by atoms with Crippen LogP contribution in [0.5, 0.6) is 0 Å². The molecule has 0 saturated carbocycles. The molecule has 4 rings (SSSR count). The molecule has 1 N–H and O–H groups in total. The van der Waals surface area contributed by atoms with Gasteiger partial charge in [-0.3, -0.25) is 4.79 Å². The summed E-state index contributed by atoms with van der Waals surface area (Å²) in [6, 6.07) is 15.7. The monoisotopic (exact) mass is 343 g/mol. The lowest BCUT2D eigenvalue weighted by Gasteiger charge is -2.05. The first-order valence-electron chi connectivity index (χ1n) is 8.33. The van der Waals surface area contributed by atoms with Gasteiger partial charge in [0.15, 0.2) is 5.82 Å². The molecule has 2 heterocycles. The summed E-state index contributed by atoms with van der Waals surface area (Å²) in [7, 11) is 0. The van der Waals surface area contributed by atoms with Crippen molar-refractivity contribution >= 4 is 22.6 Å². The summed E-state index contributed by atoms with van der Waals surface area (Å²) in [5.74, 6) is 0.490. The Hall–Kier alpha value is -3.47. The Kier molecular flexibility index (Phi) is 4.19. The second kappa shape index (κ2) is 6.80. The zero-order valence-electron chi connectivity index (χ0n) is 14.3. The third kappa shape index (κ3) is 3.32. The van der Waals surface area contributed by atoms with E-state index >= 15 is 0 Å². The number of rotatable bonds is 4. The molecule has 2 aromatic carbocycles. The number of nitrogens with one attached hydrogen (secondary N) is 1. The third-order valence-corrected chi connectivity index (χ3v) is 4.13. The average molecular weight is 343 g/mol. The molecule has 4 aromatic rings. The van der Waals surface area contributed by atoms with Crippen LogP contribution in [0, 0.1) is 6.92 Å². The molecular weight excluding hydrogens is 326 g/mol. The van der Waals surface area contributed by atoms with Gasteiger partial charge in [0.2, 0.25) is 5.91 Å². The lowest BCUT2D eigenvalue weighted by atomic mass is 10.1. The van der Waals surface area contributed by atoms with Crippen LogP contribution in [0.1, 0.15) is 11.1 Å². The van der Waals surface area contributed by atoms with E-state index < -0.39 is 0 Å². The summed E-state index contributed by atoms with van der Waals surface area (Å²) < 4.78 is 5.54. The predicted molar refractivity (Wildman–Crippen MR) is 101 cm³/mol. The van der Waals surface area contributed by atoms with E-state index in [0.29, 0.717) is 11.5 Å². The van der Waals surface area contributed by atoms with Crippen LogP contribution in [0.2, 0.25) is 0 Å². The van der Waals surface area contributed by atoms with Gasteiger partial charge in [0.1, 0.15) is 5.58 Å². The van der Waals surface area contributed by atoms with Gasteiger partial charge in [-0.05, 0) is 18.6 Å². The number of carbonyl (C=O) groups is 1. The topological polar surface area (TPSA) is 68.0 Å². The van der Waals surface area contributed by atoms with Gasteiger partial charge in [-0.2, -0.15) is 0 Å². The molecule has 2 aromatic heterocycles. The van der Waals surface area contributed by atoms with Gasteiger partial charge >= 0.3 is 0 Å². The second-order valence-electron chi connectivity index (χ2n) is 6.15. The summed E-state index contributed by atoms with van der Waals surface area (Å²) in [6.45, 7) is 2.01. The molecule has 0 aliphatic carbocycles. The van der Waals surface area contributed by atoms with Crippen LogP contribution >= 0.6 is 0 Å². The molecule has 0 bridgehead atoms. The fourth-order valence-electron chi connectivity index (χ4n) is 2.83. The number of amides is 1. The van der Waals surface area contributed by atoms with Crippen molar-refractivity contribution < 1.29 is 9.21 Å². The maximum Gasteiger partial charge on any atom is 0.229 e. The van der Waals surface area contributed by atoms with Crippen LogP contribution in [-0.2, 0) is 11.2 Å². The van der Waals surface area contributed by atoms with Crippen LogP contribution in [0.3, 0.4) is 0 Å². The smallest absolute Gasteiger partial charge is 0.229 e. The predicted octanol–water partition coefficient (Wildman–Crippen LogP) is 4.38. The largest absolute Gasteiger partial charge is 0.464 e. The van der Waals surface area contributed by atoms with E-state index in [4.69, 9.17) is 4.42 Å². The lowest BCUT2D eigenvalue weighted by molar-refractivity contribution is -0.115. The summed E-state index contributed by atoms with van der Waals surface area (Å²) in [6.07, 6.45) is 5.10. The third-order valence-electron chi connectivity index (χ3n) is 4.13. The van der Waals surface area contributed by atoms with Crippen LogP contribution in [0.25, 0.3) is 22.4 Å². The first-order valence-corrected chi connectivity index (χ1v) is 8.33. The van der Waals surface area contributed by atoms with Crippen LogP contribution in [0.4, 0.5) is 5.69 Å². The molecule has 0 atom stereocenters. The van der Waals surface area contributed by atoms with Gasteiger partial charge in [-0.1, -0.05) is 42.5 Å². The fourth-order valence-corrected chi connectivity index (χ4v) is 2.83. The van der Waals surface area contributed by atoms with Gasteiger partial charge in [0.05, 0.1) is 30.8 Å². The number of carbonyl (C=O) groups excluding carboxylic acids is 1. The van der Waals surface area contributed by atoms with Crippen molar-refractivity contribution in [3.8, 4) is 11.4 Å². The van der Waals surface area contributed by atoms with Crippen molar-refractivity contribution in [2.45, 2.75) is 13.3 Å². The second-order valence-corrected chi connectivity index (χ2v) is 6.15. The van der Waals surface area contributed by atoms with Crippen molar-refractivity contribution in [2.75, 3.05) is 5.32 Å². The molecule has 0 unspecified atom stereocenters. The quantitative estimate of drug-likeness (QED) is 0.597. The summed E-state index contributed by atoms with van der Waals surface area (Å²) in [5.41, 5.74) is 4.28. The normalized spacial score (nSPS) is 10.8. The lowest BCUT2D eigenvalue weighted by Crippen LogP contribution is -2.14. The molecule has 26 heavy (non-hydrogen) atoms. The minimum atomic E-state index is -0.135. The van der Waals surface area contributed by atoms with Crippen LogP contribution < -0.4 is 5.32 Å². The van der Waals surface area contributed by atoms with E-state index in [9.17, 15) is 4.79 Å². The Morgan fingerprint density at radius 3 is 2.62 bits per heavy atom. The summed E-state index contributed by atoms with van der Waals surface area (Å²) in [4.78, 5) is 21.0. The molecule has 0 spiro atoms. The van der Waals surface area contributed by atoms with Gasteiger partial charge in [0, 0.05) is 16.5 Å². The maximum absolute atomic E-state index is 12.3. The zero-order chi connectivity index (χ0) is 17.9. The van der Waals surface area contributed by atoms with Crippen LogP contribution in [0.15, 0.2) is 71.6 Å². The average Bonchev–Trinajstić information content (AvgIpc) is 3.04. The highest BCUT2D eigenvalue weighted by Crippen LogP contribution is 2.23. The molecule has 0 aliphatic heterocycles. The molecule has 0 fully saturated rings. The molecule has 0 aliphatic rings. The Morgan fingerprint density at radius 2 is 1.85 bits per heavy atom. The van der Waals surface area contributed by atoms with Gasteiger partial charge in [0.25, 0.3) is 0 Å². The molecule has 5 nitrogen and oxygen atoms in total. The first-order chi connectivity index (χ1) is 12.7. The van der Waals surface area contributed by atoms with Crippen molar-refractivity contribution in [1.82, 2.24) is 9.97 Å². The molecule has 128 valence electrons. The number of hydrogen-bond donors (Lipinski definition) is 1. The Bertz CT molecular complexity index is 1050. The van der Waals surface area contributed by atoms with Crippen molar-refractivity contribution in [2.24, 2.45) is 0 Å². The molecule has 5 heteroatoms. The van der Waals surface area contributed by atoms with Crippen molar-refractivity contribution in [3.05, 3.63) is 78.3 Å². The Balaban J connectivity index is 1.46. The van der Waals surface area contributed by atoms with E-state index in [1.54, 1.807) is 18.7 Å². The van der Waals surface area contributed by atoms with Gasteiger partial charge < -0.3 is 9.73 Å². The van der Waals surface area contributed by atoms with E-state index in [2.05, 4.69) is 15.3 Å². The maximum atomic E-state index is 12.3. The Labute approximate surface area is 150 Å².